The van der Waals surface area contributed by atoms with Gasteiger partial charge in [-0.15, -0.1) is 22.7 Å². The fourth-order valence-electron chi connectivity index (χ4n) is 6.73. The van der Waals surface area contributed by atoms with Crippen molar-refractivity contribution in [1.29, 1.82) is 0 Å². The molecule has 246 valence electrons. The number of ether oxygens (including phenoxy) is 2. The van der Waals surface area contributed by atoms with Gasteiger partial charge in [0, 0.05) is 5.41 Å². The standard InChI is InChI=1S/C43H28N2O4S2/c1-43(2)31-21-29(39-44-33-17-9-11-19-37(33)50-39)35(48-41(46)25-13-5-3-6-14-25)23-27(31)28-24-36(49-42(47)26-15-7-4-8-16-26)30(22-32(28)43)40-45-34-18-10-12-20-38(34)51-40/h3-24H,1-2H3. The normalized spacial score (nSPS) is 12.8. The second kappa shape index (κ2) is 12.1. The van der Waals surface area contributed by atoms with E-state index in [4.69, 9.17) is 19.4 Å². The summed E-state index contributed by atoms with van der Waals surface area (Å²) >= 11 is 3.12. The minimum atomic E-state index is -0.467. The number of benzene rings is 6. The summed E-state index contributed by atoms with van der Waals surface area (Å²) in [6.45, 7) is 4.38. The number of hydrogen-bond donors (Lipinski definition) is 0. The van der Waals surface area contributed by atoms with Gasteiger partial charge in [-0.2, -0.15) is 0 Å². The van der Waals surface area contributed by atoms with E-state index in [-0.39, 0.29) is 0 Å². The predicted molar refractivity (Wildman–Crippen MR) is 204 cm³/mol. The van der Waals surface area contributed by atoms with Gasteiger partial charge in [-0.1, -0.05) is 74.5 Å². The monoisotopic (exact) mass is 700 g/mol. The van der Waals surface area contributed by atoms with Gasteiger partial charge in [0.2, 0.25) is 0 Å². The molecule has 0 fully saturated rings. The molecule has 6 nitrogen and oxygen atoms in total. The molecule has 8 aromatic rings. The van der Waals surface area contributed by atoms with Gasteiger partial charge in [-0.05, 0) is 95.1 Å². The first-order valence-corrected chi connectivity index (χ1v) is 18.1. The van der Waals surface area contributed by atoms with E-state index in [1.165, 1.54) is 0 Å². The van der Waals surface area contributed by atoms with Crippen LogP contribution in [0.3, 0.4) is 0 Å². The van der Waals surface area contributed by atoms with Crippen LogP contribution < -0.4 is 9.47 Å². The number of aromatic nitrogens is 2. The van der Waals surface area contributed by atoms with Crippen molar-refractivity contribution in [2.75, 3.05) is 0 Å². The molecule has 1 aliphatic carbocycles. The molecule has 1 aliphatic rings. The van der Waals surface area contributed by atoms with Crippen molar-refractivity contribution in [2.45, 2.75) is 19.3 Å². The average molecular weight is 701 g/mol. The smallest absolute Gasteiger partial charge is 0.343 e. The Hall–Kier alpha value is -5.96. The van der Waals surface area contributed by atoms with Gasteiger partial charge in [0.1, 0.15) is 21.5 Å². The topological polar surface area (TPSA) is 78.4 Å². The van der Waals surface area contributed by atoms with Gasteiger partial charge in [0.05, 0.1) is 42.7 Å². The minimum absolute atomic E-state index is 0.406. The second-order valence-corrected chi connectivity index (χ2v) is 15.0. The third-order valence-electron chi connectivity index (χ3n) is 9.35. The number of fused-ring (bicyclic) bond motifs is 5. The third kappa shape index (κ3) is 5.40. The van der Waals surface area contributed by atoms with Crippen LogP contribution in [0.1, 0.15) is 45.7 Å². The molecule has 0 amide bonds. The van der Waals surface area contributed by atoms with Crippen molar-refractivity contribution in [2.24, 2.45) is 0 Å². The van der Waals surface area contributed by atoms with E-state index in [0.717, 1.165) is 63.8 Å². The Morgan fingerprint density at radius 2 is 0.902 bits per heavy atom. The lowest BCUT2D eigenvalue weighted by atomic mass is 9.81. The van der Waals surface area contributed by atoms with Crippen LogP contribution in [0.25, 0.3) is 52.7 Å². The Morgan fingerprint density at radius 3 is 1.31 bits per heavy atom. The highest BCUT2D eigenvalue weighted by Gasteiger charge is 2.39. The lowest BCUT2D eigenvalue weighted by Crippen LogP contribution is -2.16. The van der Waals surface area contributed by atoms with E-state index < -0.39 is 17.4 Å². The molecule has 0 bridgehead atoms. The van der Waals surface area contributed by atoms with Crippen molar-refractivity contribution in [3.63, 3.8) is 0 Å². The van der Waals surface area contributed by atoms with E-state index in [1.54, 1.807) is 46.9 Å². The summed E-state index contributed by atoms with van der Waals surface area (Å²) in [4.78, 5) is 37.0. The third-order valence-corrected chi connectivity index (χ3v) is 11.5. The summed E-state index contributed by atoms with van der Waals surface area (Å²) in [5.41, 5.74) is 7.55. The van der Waals surface area contributed by atoms with Crippen molar-refractivity contribution < 1.29 is 19.1 Å². The first-order valence-electron chi connectivity index (χ1n) is 16.5. The van der Waals surface area contributed by atoms with E-state index in [2.05, 4.69) is 26.0 Å². The summed E-state index contributed by atoms with van der Waals surface area (Å²) in [5, 5.41) is 1.52. The molecule has 0 spiro atoms. The summed E-state index contributed by atoms with van der Waals surface area (Å²) < 4.78 is 14.5. The average Bonchev–Trinajstić information content (AvgIpc) is 3.84. The van der Waals surface area contributed by atoms with Gasteiger partial charge < -0.3 is 9.47 Å². The summed E-state index contributed by atoms with van der Waals surface area (Å²) in [5.74, 6) is -0.107. The van der Waals surface area contributed by atoms with Crippen LogP contribution >= 0.6 is 22.7 Å². The number of hydrogen-bond acceptors (Lipinski definition) is 8. The zero-order valence-electron chi connectivity index (χ0n) is 27.5. The lowest BCUT2D eigenvalue weighted by Gasteiger charge is -2.23. The quantitative estimate of drug-likeness (QED) is 0.127. The van der Waals surface area contributed by atoms with Gasteiger partial charge >= 0.3 is 11.9 Å². The van der Waals surface area contributed by atoms with Crippen molar-refractivity contribution in [3.8, 4) is 43.8 Å². The van der Waals surface area contributed by atoms with Crippen molar-refractivity contribution in [3.05, 3.63) is 156 Å². The first-order chi connectivity index (χ1) is 24.8. The lowest BCUT2D eigenvalue weighted by molar-refractivity contribution is 0.0726. The predicted octanol–water partition coefficient (Wildman–Crippen LogP) is 11.0. The maximum absolute atomic E-state index is 13.5. The molecule has 0 radical (unpaired) electrons. The number of esters is 2. The number of para-hydroxylation sites is 2. The van der Waals surface area contributed by atoms with Crippen LogP contribution in [0.2, 0.25) is 0 Å². The first kappa shape index (κ1) is 31.1. The fraction of sp³-hybridized carbons (Fsp3) is 0.0698. The molecule has 0 saturated carbocycles. The maximum atomic E-state index is 13.5. The van der Waals surface area contributed by atoms with Gasteiger partial charge in [0.25, 0.3) is 0 Å². The van der Waals surface area contributed by atoms with Gasteiger partial charge in [-0.3, -0.25) is 0 Å². The van der Waals surface area contributed by atoms with Gasteiger partial charge in [0.15, 0.2) is 0 Å². The number of carbonyl (C=O) groups excluding carboxylic acids is 2. The molecule has 0 atom stereocenters. The molecule has 8 heteroatoms. The zero-order valence-corrected chi connectivity index (χ0v) is 29.2. The fourth-order valence-corrected chi connectivity index (χ4v) is 8.70. The van der Waals surface area contributed by atoms with Crippen LogP contribution in [0.4, 0.5) is 0 Å². The van der Waals surface area contributed by atoms with Crippen LogP contribution in [-0.2, 0) is 5.41 Å². The molecule has 0 unspecified atom stereocenters. The second-order valence-electron chi connectivity index (χ2n) is 12.9. The number of carbonyl (C=O) groups is 2. The molecule has 0 N–H and O–H groups in total. The van der Waals surface area contributed by atoms with E-state index in [0.29, 0.717) is 22.6 Å². The Bertz CT molecular complexity index is 2410. The Kier molecular flexibility index (Phi) is 7.38. The molecular weight excluding hydrogens is 673 g/mol. The number of nitrogens with zero attached hydrogens (tertiary/aromatic N) is 2. The van der Waals surface area contributed by atoms with Gasteiger partial charge in [-0.25, -0.2) is 19.6 Å². The number of thiazole rings is 2. The SMILES string of the molecule is CC1(C)c2cc(-c3nc4ccccc4s3)c(OC(=O)c3ccccc3)cc2-c2cc(OC(=O)c3ccccc3)c(-c3nc4ccccc4s3)cc21. The van der Waals surface area contributed by atoms with E-state index in [1.807, 2.05) is 97.1 Å². The Morgan fingerprint density at radius 1 is 0.510 bits per heavy atom. The van der Waals surface area contributed by atoms with Crippen LogP contribution in [0, 0.1) is 0 Å². The van der Waals surface area contributed by atoms with Crippen molar-refractivity contribution >= 4 is 55.0 Å². The van der Waals surface area contributed by atoms with Crippen LogP contribution in [0.15, 0.2) is 133 Å². The molecule has 6 aromatic carbocycles. The maximum Gasteiger partial charge on any atom is 0.343 e. The molecule has 0 aliphatic heterocycles. The molecule has 9 rings (SSSR count). The molecular formula is C43H28N2O4S2. The van der Waals surface area contributed by atoms with E-state index in [9.17, 15) is 9.59 Å². The Labute approximate surface area is 301 Å². The summed E-state index contributed by atoms with van der Waals surface area (Å²) in [6.07, 6.45) is 0. The van der Waals surface area contributed by atoms with Crippen LogP contribution in [0.5, 0.6) is 11.5 Å². The summed E-state index contributed by atoms with van der Waals surface area (Å²) in [7, 11) is 0. The highest BCUT2D eigenvalue weighted by Crippen LogP contribution is 2.55. The van der Waals surface area contributed by atoms with Crippen LogP contribution in [-0.4, -0.2) is 21.9 Å². The summed E-state index contributed by atoms with van der Waals surface area (Å²) in [6, 6.07) is 42.0. The highest BCUT2D eigenvalue weighted by atomic mass is 32.1. The molecule has 2 aromatic heterocycles. The largest absolute Gasteiger partial charge is 0.422 e. The molecule has 51 heavy (non-hydrogen) atoms. The molecule has 2 heterocycles. The Balaban J connectivity index is 1.24. The molecule has 0 saturated heterocycles. The number of rotatable bonds is 6. The zero-order chi connectivity index (χ0) is 34.7. The minimum Gasteiger partial charge on any atom is -0.422 e. The van der Waals surface area contributed by atoms with E-state index >= 15 is 0 Å². The van der Waals surface area contributed by atoms with Crippen molar-refractivity contribution in [1.82, 2.24) is 9.97 Å². The highest BCUT2D eigenvalue weighted by molar-refractivity contribution is 7.22.